The highest BCUT2D eigenvalue weighted by atomic mass is 19.4. The minimum Gasteiger partial charge on any atom is -0.385 e. The number of aliphatic hydroxyl groups is 1. The number of ether oxygens (including phenoxy) is 1. The largest absolute Gasteiger partial charge is 0.416 e. The molecule has 2 aliphatic heterocycles. The van der Waals surface area contributed by atoms with Crippen molar-refractivity contribution < 1.29 is 27.8 Å². The van der Waals surface area contributed by atoms with E-state index in [-0.39, 0.29) is 5.78 Å². The van der Waals surface area contributed by atoms with Crippen LogP contribution in [0.3, 0.4) is 0 Å². The van der Waals surface area contributed by atoms with E-state index in [0.29, 0.717) is 64.2 Å². The van der Waals surface area contributed by atoms with Crippen molar-refractivity contribution in [2.75, 3.05) is 39.3 Å². The summed E-state index contributed by atoms with van der Waals surface area (Å²) in [6.45, 7) is 3.21. The maximum atomic E-state index is 14.4. The van der Waals surface area contributed by atoms with Crippen molar-refractivity contribution >= 4 is 5.78 Å². The predicted molar refractivity (Wildman–Crippen MR) is 147 cm³/mol. The number of rotatable bonds is 8. The highest BCUT2D eigenvalue weighted by Crippen LogP contribution is 2.40. The van der Waals surface area contributed by atoms with Gasteiger partial charge in [-0.15, -0.1) is 0 Å². The molecule has 2 aliphatic rings. The van der Waals surface area contributed by atoms with Gasteiger partial charge >= 0.3 is 6.18 Å². The van der Waals surface area contributed by atoms with E-state index in [0.717, 1.165) is 23.3 Å². The standard InChI is InChI=1S/C32H35F3N2O3/c33-32(34,35)27-13-7-12-26(22-27)30(39)14-18-37(19-15-30)20-16-31(24-8-3-1-4-9-24,25-10-5-2-6-11-25)29(38)28-23-36-17-21-40-28/h1-13,22,28,36,39H,14-21,23H2. The van der Waals surface area contributed by atoms with Crippen LogP contribution in [0.15, 0.2) is 84.9 Å². The highest BCUT2D eigenvalue weighted by Gasteiger charge is 2.46. The fourth-order valence-corrected chi connectivity index (χ4v) is 6.06. The van der Waals surface area contributed by atoms with E-state index in [2.05, 4.69) is 10.2 Å². The summed E-state index contributed by atoms with van der Waals surface area (Å²) in [4.78, 5) is 16.6. The molecule has 1 unspecified atom stereocenters. The normalized spacial score (nSPS) is 20.2. The molecule has 2 fully saturated rings. The lowest BCUT2D eigenvalue weighted by atomic mass is 9.67. The molecule has 5 rings (SSSR count). The Hall–Kier alpha value is -3.04. The van der Waals surface area contributed by atoms with Crippen molar-refractivity contribution in [1.82, 2.24) is 10.2 Å². The van der Waals surface area contributed by atoms with Crippen molar-refractivity contribution in [2.45, 2.75) is 42.6 Å². The summed E-state index contributed by atoms with van der Waals surface area (Å²) < 4.78 is 45.8. The fourth-order valence-electron chi connectivity index (χ4n) is 6.06. The zero-order valence-corrected chi connectivity index (χ0v) is 22.4. The number of hydrogen-bond acceptors (Lipinski definition) is 5. The maximum absolute atomic E-state index is 14.4. The van der Waals surface area contributed by atoms with Crippen LogP contribution in [0.4, 0.5) is 13.2 Å². The Bertz CT molecular complexity index is 1230. The second-order valence-electron chi connectivity index (χ2n) is 10.8. The van der Waals surface area contributed by atoms with E-state index in [4.69, 9.17) is 4.74 Å². The van der Waals surface area contributed by atoms with Gasteiger partial charge in [0.15, 0.2) is 5.78 Å². The zero-order chi connectivity index (χ0) is 28.2. The van der Waals surface area contributed by atoms with Crippen molar-refractivity contribution in [1.29, 1.82) is 0 Å². The van der Waals surface area contributed by atoms with E-state index in [1.54, 1.807) is 6.07 Å². The fraction of sp³-hybridized carbons (Fsp3) is 0.406. The zero-order valence-electron chi connectivity index (χ0n) is 22.4. The van der Waals surface area contributed by atoms with Crippen LogP contribution in [0.25, 0.3) is 0 Å². The van der Waals surface area contributed by atoms with Crippen molar-refractivity contribution in [2.24, 2.45) is 0 Å². The van der Waals surface area contributed by atoms with Crippen LogP contribution in [-0.2, 0) is 26.7 Å². The Morgan fingerprint density at radius 1 is 0.925 bits per heavy atom. The van der Waals surface area contributed by atoms with Gasteiger partial charge in [-0.25, -0.2) is 0 Å². The van der Waals surface area contributed by atoms with Gasteiger partial charge in [0.2, 0.25) is 0 Å². The molecule has 8 heteroatoms. The van der Waals surface area contributed by atoms with Gasteiger partial charge in [0.05, 0.1) is 23.2 Å². The van der Waals surface area contributed by atoms with Crippen LogP contribution in [0.2, 0.25) is 0 Å². The molecule has 212 valence electrons. The number of Topliss-reactive ketones (excluding diaryl/α,β-unsaturated/α-hetero) is 1. The van der Waals surface area contributed by atoms with Crippen LogP contribution in [0.1, 0.15) is 41.5 Å². The molecule has 0 spiro atoms. The summed E-state index contributed by atoms with van der Waals surface area (Å²) in [6.07, 6.45) is -3.93. The lowest BCUT2D eigenvalue weighted by Gasteiger charge is -2.42. The molecule has 2 heterocycles. The number of hydrogen-bond donors (Lipinski definition) is 2. The minimum absolute atomic E-state index is 0.00887. The summed E-state index contributed by atoms with van der Waals surface area (Å²) in [6, 6.07) is 24.6. The van der Waals surface area contributed by atoms with Crippen molar-refractivity contribution in [3.63, 3.8) is 0 Å². The Kier molecular flexibility index (Phi) is 8.42. The molecule has 0 aliphatic carbocycles. The number of nitrogens with one attached hydrogen (secondary N) is 1. The average Bonchev–Trinajstić information content (AvgIpc) is 2.99. The van der Waals surface area contributed by atoms with Gasteiger partial charge in [0.25, 0.3) is 0 Å². The topological polar surface area (TPSA) is 61.8 Å². The molecular weight excluding hydrogens is 517 g/mol. The first-order valence-electron chi connectivity index (χ1n) is 13.8. The molecule has 0 amide bonds. The summed E-state index contributed by atoms with van der Waals surface area (Å²) in [5, 5.41) is 14.6. The summed E-state index contributed by atoms with van der Waals surface area (Å²) in [5.41, 5.74) is -0.932. The van der Waals surface area contributed by atoms with Gasteiger partial charge in [-0.05, 0) is 54.6 Å². The van der Waals surface area contributed by atoms with Crippen LogP contribution in [0.5, 0.6) is 0 Å². The van der Waals surface area contributed by atoms with E-state index < -0.39 is 28.9 Å². The molecule has 2 N–H and O–H groups in total. The quantitative estimate of drug-likeness (QED) is 0.416. The van der Waals surface area contributed by atoms with Gasteiger partial charge in [-0.2, -0.15) is 13.2 Å². The monoisotopic (exact) mass is 552 g/mol. The van der Waals surface area contributed by atoms with Gasteiger partial charge in [-0.3, -0.25) is 4.79 Å². The summed E-state index contributed by atoms with van der Waals surface area (Å²) in [7, 11) is 0. The number of morpholine rings is 1. The third-order valence-electron chi connectivity index (χ3n) is 8.39. The van der Waals surface area contributed by atoms with Crippen LogP contribution in [-0.4, -0.2) is 61.2 Å². The smallest absolute Gasteiger partial charge is 0.385 e. The predicted octanol–water partition coefficient (Wildman–Crippen LogP) is 4.92. The van der Waals surface area contributed by atoms with Gasteiger partial charge in [0, 0.05) is 26.2 Å². The first kappa shape index (κ1) is 28.5. The second kappa shape index (κ2) is 11.8. The highest BCUT2D eigenvalue weighted by molar-refractivity contribution is 5.97. The molecule has 0 radical (unpaired) electrons. The van der Waals surface area contributed by atoms with Crippen LogP contribution < -0.4 is 5.32 Å². The Morgan fingerprint density at radius 2 is 1.52 bits per heavy atom. The molecule has 0 saturated carbocycles. The lowest BCUT2D eigenvalue weighted by molar-refractivity contribution is -0.138. The van der Waals surface area contributed by atoms with Crippen LogP contribution in [0, 0.1) is 0 Å². The molecule has 0 bridgehead atoms. The first-order valence-corrected chi connectivity index (χ1v) is 13.8. The second-order valence-corrected chi connectivity index (χ2v) is 10.8. The molecule has 5 nitrogen and oxygen atoms in total. The number of benzene rings is 3. The molecule has 3 aromatic carbocycles. The lowest BCUT2D eigenvalue weighted by Crippen LogP contribution is -2.53. The number of carbonyl (C=O) groups excluding carboxylic acids is 1. The van der Waals surface area contributed by atoms with Crippen molar-refractivity contribution in [3.8, 4) is 0 Å². The van der Waals surface area contributed by atoms with E-state index in [1.807, 2.05) is 60.7 Å². The van der Waals surface area contributed by atoms with E-state index >= 15 is 0 Å². The number of likely N-dealkylation sites (tertiary alicyclic amines) is 1. The SMILES string of the molecule is O=C(C1CNCCO1)C(CCN1CCC(O)(c2cccc(C(F)(F)F)c2)CC1)(c1ccccc1)c1ccccc1. The maximum Gasteiger partial charge on any atom is 0.416 e. The number of nitrogens with zero attached hydrogens (tertiary/aromatic N) is 1. The van der Waals surface area contributed by atoms with Gasteiger partial charge in [-0.1, -0.05) is 72.8 Å². The van der Waals surface area contributed by atoms with E-state index in [1.165, 1.54) is 6.07 Å². The third kappa shape index (κ3) is 5.86. The Balaban J connectivity index is 1.39. The number of piperidine rings is 1. The van der Waals surface area contributed by atoms with Crippen molar-refractivity contribution in [3.05, 3.63) is 107 Å². The number of alkyl halides is 3. The first-order chi connectivity index (χ1) is 19.2. The summed E-state index contributed by atoms with van der Waals surface area (Å²) in [5.74, 6) is 0.00887. The average molecular weight is 553 g/mol. The third-order valence-corrected chi connectivity index (χ3v) is 8.39. The van der Waals surface area contributed by atoms with Crippen LogP contribution >= 0.6 is 0 Å². The van der Waals surface area contributed by atoms with Gasteiger partial charge < -0.3 is 20.1 Å². The summed E-state index contributed by atoms with van der Waals surface area (Å²) >= 11 is 0. The van der Waals surface area contributed by atoms with Gasteiger partial charge in [0.1, 0.15) is 6.10 Å². The van der Waals surface area contributed by atoms with E-state index in [9.17, 15) is 23.1 Å². The molecule has 40 heavy (non-hydrogen) atoms. The molecule has 1 atom stereocenters. The Morgan fingerprint density at radius 3 is 2.08 bits per heavy atom. The number of ketones is 1. The molecule has 0 aromatic heterocycles. The molecular formula is C32H35F3N2O3. The molecule has 2 saturated heterocycles. The number of carbonyl (C=O) groups is 1. The number of halogens is 3. The molecule has 3 aromatic rings. The minimum atomic E-state index is -4.46. The Labute approximate surface area is 233 Å².